The fourth-order valence-corrected chi connectivity index (χ4v) is 1.92. The Bertz CT molecular complexity index is 221. The third-order valence-electron chi connectivity index (χ3n) is 2.65. The van der Waals surface area contributed by atoms with Gasteiger partial charge in [-0.3, -0.25) is 4.79 Å². The zero-order valence-corrected chi connectivity index (χ0v) is 9.79. The van der Waals surface area contributed by atoms with Crippen molar-refractivity contribution < 1.29 is 9.18 Å². The number of halogens is 1. The lowest BCUT2D eigenvalue weighted by Crippen LogP contribution is -2.44. The smallest absolute Gasteiger partial charge is 0.239 e. The molecule has 1 heterocycles. The van der Waals surface area contributed by atoms with E-state index in [2.05, 4.69) is 19.2 Å². The third-order valence-corrected chi connectivity index (χ3v) is 2.65. The van der Waals surface area contributed by atoms with Gasteiger partial charge < -0.3 is 10.2 Å². The van der Waals surface area contributed by atoms with Crippen molar-refractivity contribution in [2.75, 3.05) is 19.6 Å². The molecular formula is C11H21FN2O. The van der Waals surface area contributed by atoms with Gasteiger partial charge in [-0.15, -0.1) is 0 Å². The van der Waals surface area contributed by atoms with Crippen molar-refractivity contribution in [2.45, 2.75) is 39.4 Å². The largest absolute Gasteiger partial charge is 0.341 e. The van der Waals surface area contributed by atoms with Crippen molar-refractivity contribution in [3.8, 4) is 0 Å². The summed E-state index contributed by atoms with van der Waals surface area (Å²) in [5, 5.41) is 2.93. The van der Waals surface area contributed by atoms with Crippen LogP contribution in [0.2, 0.25) is 0 Å². The molecule has 0 aromatic carbocycles. The highest BCUT2D eigenvalue weighted by atomic mass is 19.1. The molecule has 0 bridgehead atoms. The lowest BCUT2D eigenvalue weighted by Gasteiger charge is -2.25. The number of nitrogens with one attached hydrogen (secondary N) is 1. The fourth-order valence-electron chi connectivity index (χ4n) is 1.92. The Morgan fingerprint density at radius 1 is 1.60 bits per heavy atom. The standard InChI is InChI=1S/C11H21FN2O/c1-4-14(7-8(2)3)11(15)10-5-9(12)6-13-10/h8-10,13H,4-7H2,1-3H3/t9-,10+/m0/s1. The molecule has 0 radical (unpaired) electrons. The topological polar surface area (TPSA) is 32.3 Å². The molecular weight excluding hydrogens is 195 g/mol. The predicted octanol–water partition coefficient (Wildman–Crippen LogP) is 1.19. The molecule has 0 spiro atoms. The number of hydrogen-bond acceptors (Lipinski definition) is 2. The summed E-state index contributed by atoms with van der Waals surface area (Å²) in [5.41, 5.74) is 0. The third kappa shape index (κ3) is 3.45. The first kappa shape index (κ1) is 12.4. The Kier molecular flexibility index (Phi) is 4.51. The highest BCUT2D eigenvalue weighted by Crippen LogP contribution is 2.13. The molecule has 0 unspecified atom stereocenters. The van der Waals surface area contributed by atoms with Crippen LogP contribution in [0.5, 0.6) is 0 Å². The van der Waals surface area contributed by atoms with Crippen LogP contribution in [-0.2, 0) is 4.79 Å². The normalized spacial score (nSPS) is 25.9. The average molecular weight is 216 g/mol. The van der Waals surface area contributed by atoms with Gasteiger partial charge in [-0.25, -0.2) is 4.39 Å². The maximum absolute atomic E-state index is 12.9. The second-order valence-electron chi connectivity index (χ2n) is 4.56. The SMILES string of the molecule is CCN(CC(C)C)C(=O)[C@H]1C[C@H](F)CN1. The minimum absolute atomic E-state index is 0.0475. The van der Waals surface area contributed by atoms with Gasteiger partial charge in [-0.2, -0.15) is 0 Å². The Morgan fingerprint density at radius 2 is 2.27 bits per heavy atom. The van der Waals surface area contributed by atoms with Crippen molar-refractivity contribution in [1.29, 1.82) is 0 Å². The lowest BCUT2D eigenvalue weighted by atomic mass is 10.1. The van der Waals surface area contributed by atoms with Crippen LogP contribution in [0.3, 0.4) is 0 Å². The van der Waals surface area contributed by atoms with E-state index in [4.69, 9.17) is 0 Å². The molecule has 88 valence electrons. The van der Waals surface area contributed by atoms with E-state index in [1.54, 1.807) is 4.90 Å². The number of hydrogen-bond donors (Lipinski definition) is 1. The van der Waals surface area contributed by atoms with Crippen LogP contribution >= 0.6 is 0 Å². The van der Waals surface area contributed by atoms with E-state index in [1.165, 1.54) is 0 Å². The average Bonchev–Trinajstić information content (AvgIpc) is 2.60. The molecule has 0 aromatic heterocycles. The van der Waals surface area contributed by atoms with E-state index in [-0.39, 0.29) is 11.9 Å². The van der Waals surface area contributed by atoms with Crippen molar-refractivity contribution in [3.63, 3.8) is 0 Å². The predicted molar refractivity (Wildman–Crippen MR) is 58.4 cm³/mol. The lowest BCUT2D eigenvalue weighted by molar-refractivity contribution is -0.133. The van der Waals surface area contributed by atoms with Gasteiger partial charge >= 0.3 is 0 Å². The fraction of sp³-hybridized carbons (Fsp3) is 0.909. The highest BCUT2D eigenvalue weighted by molar-refractivity contribution is 5.82. The molecule has 0 saturated carbocycles. The molecule has 4 heteroatoms. The van der Waals surface area contributed by atoms with Crippen LogP contribution < -0.4 is 5.32 Å². The number of carbonyl (C=O) groups is 1. The Hall–Kier alpha value is -0.640. The first-order valence-corrected chi connectivity index (χ1v) is 5.70. The van der Waals surface area contributed by atoms with Gasteiger partial charge in [-0.1, -0.05) is 13.8 Å². The summed E-state index contributed by atoms with van der Waals surface area (Å²) < 4.78 is 12.9. The van der Waals surface area contributed by atoms with Gasteiger partial charge in [0, 0.05) is 26.1 Å². The van der Waals surface area contributed by atoms with Gasteiger partial charge in [-0.05, 0) is 12.8 Å². The van der Waals surface area contributed by atoms with Crippen LogP contribution in [0.4, 0.5) is 4.39 Å². The number of alkyl halides is 1. The van der Waals surface area contributed by atoms with E-state index in [9.17, 15) is 9.18 Å². The van der Waals surface area contributed by atoms with Crippen LogP contribution in [0.15, 0.2) is 0 Å². The van der Waals surface area contributed by atoms with E-state index in [0.717, 1.165) is 6.54 Å². The number of amides is 1. The summed E-state index contributed by atoms with van der Waals surface area (Å²) in [6, 6.07) is -0.307. The van der Waals surface area contributed by atoms with Crippen molar-refractivity contribution in [1.82, 2.24) is 10.2 Å². The van der Waals surface area contributed by atoms with E-state index in [1.807, 2.05) is 6.92 Å². The van der Waals surface area contributed by atoms with Gasteiger partial charge in [0.15, 0.2) is 0 Å². The van der Waals surface area contributed by atoms with Gasteiger partial charge in [0.1, 0.15) is 6.17 Å². The van der Waals surface area contributed by atoms with Crippen LogP contribution in [0, 0.1) is 5.92 Å². The van der Waals surface area contributed by atoms with Gasteiger partial charge in [0.05, 0.1) is 6.04 Å². The van der Waals surface area contributed by atoms with E-state index in [0.29, 0.717) is 25.4 Å². The Labute approximate surface area is 91.0 Å². The Balaban J connectivity index is 2.49. The van der Waals surface area contributed by atoms with Crippen molar-refractivity contribution in [3.05, 3.63) is 0 Å². The summed E-state index contributed by atoms with van der Waals surface area (Å²) in [4.78, 5) is 13.8. The first-order chi connectivity index (χ1) is 7.04. The number of nitrogens with zero attached hydrogens (tertiary/aromatic N) is 1. The monoisotopic (exact) mass is 216 g/mol. The summed E-state index contributed by atoms with van der Waals surface area (Å²) >= 11 is 0. The van der Waals surface area contributed by atoms with Crippen molar-refractivity contribution >= 4 is 5.91 Å². The second kappa shape index (κ2) is 5.45. The molecule has 1 aliphatic rings. The molecule has 0 aromatic rings. The summed E-state index contributed by atoms with van der Waals surface area (Å²) in [6.45, 7) is 7.89. The number of carbonyl (C=O) groups excluding carboxylic acids is 1. The minimum atomic E-state index is -0.864. The molecule has 1 amide bonds. The summed E-state index contributed by atoms with van der Waals surface area (Å²) in [6.07, 6.45) is -0.537. The van der Waals surface area contributed by atoms with Gasteiger partial charge in [0.2, 0.25) is 5.91 Å². The molecule has 15 heavy (non-hydrogen) atoms. The molecule has 1 fully saturated rings. The zero-order chi connectivity index (χ0) is 11.4. The van der Waals surface area contributed by atoms with Gasteiger partial charge in [0.25, 0.3) is 0 Å². The maximum atomic E-state index is 12.9. The molecule has 1 aliphatic heterocycles. The summed E-state index contributed by atoms with van der Waals surface area (Å²) in [5.74, 6) is 0.503. The molecule has 1 rings (SSSR count). The molecule has 3 nitrogen and oxygen atoms in total. The molecule has 1 saturated heterocycles. The van der Waals surface area contributed by atoms with Crippen LogP contribution in [-0.4, -0.2) is 42.7 Å². The Morgan fingerprint density at radius 3 is 2.67 bits per heavy atom. The second-order valence-corrected chi connectivity index (χ2v) is 4.56. The van der Waals surface area contributed by atoms with Crippen molar-refractivity contribution in [2.24, 2.45) is 5.92 Å². The molecule has 0 aliphatic carbocycles. The molecule has 1 N–H and O–H groups in total. The number of rotatable bonds is 4. The van der Waals surface area contributed by atoms with Crippen LogP contribution in [0.25, 0.3) is 0 Å². The van der Waals surface area contributed by atoms with Crippen LogP contribution in [0.1, 0.15) is 27.2 Å². The minimum Gasteiger partial charge on any atom is -0.341 e. The van der Waals surface area contributed by atoms with E-state index < -0.39 is 6.17 Å². The zero-order valence-electron chi connectivity index (χ0n) is 9.79. The van der Waals surface area contributed by atoms with E-state index >= 15 is 0 Å². The highest BCUT2D eigenvalue weighted by Gasteiger charge is 2.31. The molecule has 2 atom stereocenters. The number of likely N-dealkylation sites (N-methyl/N-ethyl adjacent to an activating group) is 1. The maximum Gasteiger partial charge on any atom is 0.239 e. The quantitative estimate of drug-likeness (QED) is 0.765. The summed E-state index contributed by atoms with van der Waals surface area (Å²) in [7, 11) is 0. The first-order valence-electron chi connectivity index (χ1n) is 5.70.